The molecule has 3 aromatic rings. The van der Waals surface area contributed by atoms with Gasteiger partial charge in [0.15, 0.2) is 6.61 Å². The molecule has 0 fully saturated rings. The van der Waals surface area contributed by atoms with E-state index in [9.17, 15) is 9.59 Å². The van der Waals surface area contributed by atoms with Crippen molar-refractivity contribution in [3.05, 3.63) is 92.4 Å². The van der Waals surface area contributed by atoms with E-state index in [4.69, 9.17) is 27.9 Å². The number of carbonyl (C=O) groups excluding carboxylic acids is 2. The highest BCUT2D eigenvalue weighted by Gasteiger charge is 2.08. The normalized spacial score (nSPS) is 10.7. The number of nitrogens with zero attached hydrogens (tertiary/aromatic N) is 1. The van der Waals surface area contributed by atoms with Crippen LogP contribution in [0.4, 0.5) is 5.69 Å². The molecule has 0 aliphatic rings. The van der Waals surface area contributed by atoms with Gasteiger partial charge in [0.2, 0.25) is 0 Å². The third kappa shape index (κ3) is 6.82. The molecule has 9 heteroatoms. The SMILES string of the molecule is O=C(COc1ccc(/C=N\NC(=O)c2ccccc2Br)cc1)Nc1ccc(Cl)c(Cl)c1. The Morgan fingerprint density at radius 1 is 1.00 bits per heavy atom. The highest BCUT2D eigenvalue weighted by molar-refractivity contribution is 9.10. The van der Waals surface area contributed by atoms with Gasteiger partial charge >= 0.3 is 0 Å². The van der Waals surface area contributed by atoms with Gasteiger partial charge in [-0.1, -0.05) is 35.3 Å². The van der Waals surface area contributed by atoms with Crippen LogP contribution in [0.3, 0.4) is 0 Å². The molecule has 0 heterocycles. The Labute approximate surface area is 197 Å². The van der Waals surface area contributed by atoms with Crippen LogP contribution in [0.15, 0.2) is 76.3 Å². The van der Waals surface area contributed by atoms with Crippen molar-refractivity contribution in [1.82, 2.24) is 5.43 Å². The van der Waals surface area contributed by atoms with Gasteiger partial charge in [0.1, 0.15) is 5.75 Å². The van der Waals surface area contributed by atoms with Crippen molar-refractivity contribution in [3.8, 4) is 5.75 Å². The summed E-state index contributed by atoms with van der Waals surface area (Å²) in [7, 11) is 0. The lowest BCUT2D eigenvalue weighted by Crippen LogP contribution is -2.20. The number of rotatable bonds is 7. The molecule has 0 atom stereocenters. The lowest BCUT2D eigenvalue weighted by Gasteiger charge is -2.08. The third-order valence-corrected chi connectivity index (χ3v) is 5.38. The highest BCUT2D eigenvalue weighted by Crippen LogP contribution is 2.25. The predicted octanol–water partition coefficient (Wildman–Crippen LogP) is 5.54. The Balaban J connectivity index is 1.47. The third-order valence-electron chi connectivity index (χ3n) is 3.95. The molecule has 3 rings (SSSR count). The molecule has 2 amide bonds. The molecule has 6 nitrogen and oxygen atoms in total. The molecule has 158 valence electrons. The summed E-state index contributed by atoms with van der Waals surface area (Å²) in [6.45, 7) is -0.171. The first-order valence-electron chi connectivity index (χ1n) is 8.98. The zero-order chi connectivity index (χ0) is 22.2. The van der Waals surface area contributed by atoms with Gasteiger partial charge in [-0.05, 0) is 76.1 Å². The number of hydrogen-bond donors (Lipinski definition) is 2. The molecule has 0 aliphatic carbocycles. The Morgan fingerprint density at radius 2 is 1.74 bits per heavy atom. The number of amides is 2. The van der Waals surface area contributed by atoms with Crippen LogP contribution in [0.2, 0.25) is 10.0 Å². The first-order valence-corrected chi connectivity index (χ1v) is 10.5. The van der Waals surface area contributed by atoms with Crippen LogP contribution in [-0.2, 0) is 4.79 Å². The summed E-state index contributed by atoms with van der Waals surface area (Å²) in [5.74, 6) is -0.144. The molecule has 0 bridgehead atoms. The van der Waals surface area contributed by atoms with Crippen LogP contribution < -0.4 is 15.5 Å². The molecule has 0 saturated carbocycles. The maximum atomic E-state index is 12.1. The molecule has 0 unspecified atom stereocenters. The quantitative estimate of drug-likeness (QED) is 0.317. The average Bonchev–Trinajstić information content (AvgIpc) is 2.76. The Morgan fingerprint density at radius 3 is 2.45 bits per heavy atom. The predicted molar refractivity (Wildman–Crippen MR) is 126 cm³/mol. The smallest absolute Gasteiger partial charge is 0.272 e. The lowest BCUT2D eigenvalue weighted by atomic mass is 10.2. The molecule has 31 heavy (non-hydrogen) atoms. The number of benzene rings is 3. The maximum absolute atomic E-state index is 12.1. The molecule has 0 saturated heterocycles. The number of carbonyl (C=O) groups is 2. The number of hydrogen-bond acceptors (Lipinski definition) is 4. The van der Waals surface area contributed by atoms with Gasteiger partial charge in [-0.2, -0.15) is 5.10 Å². The largest absolute Gasteiger partial charge is 0.484 e. The molecule has 0 aliphatic heterocycles. The molecule has 0 aromatic heterocycles. The molecule has 3 aromatic carbocycles. The van der Waals surface area contributed by atoms with Crippen molar-refractivity contribution in [2.24, 2.45) is 5.10 Å². The van der Waals surface area contributed by atoms with Crippen LogP contribution in [0.25, 0.3) is 0 Å². The second kappa shape index (κ2) is 10.9. The minimum absolute atomic E-state index is 0.171. The summed E-state index contributed by atoms with van der Waals surface area (Å²) in [5.41, 5.74) is 4.24. The van der Waals surface area contributed by atoms with Gasteiger partial charge in [0, 0.05) is 10.2 Å². The zero-order valence-corrected chi connectivity index (χ0v) is 19.0. The number of anilines is 1. The lowest BCUT2D eigenvalue weighted by molar-refractivity contribution is -0.118. The van der Waals surface area contributed by atoms with Gasteiger partial charge in [0.25, 0.3) is 11.8 Å². The van der Waals surface area contributed by atoms with E-state index >= 15 is 0 Å². The molecule has 0 radical (unpaired) electrons. The van der Waals surface area contributed by atoms with E-state index in [1.165, 1.54) is 6.21 Å². The standard InChI is InChI=1S/C22H16BrCl2N3O3/c23-18-4-2-1-3-17(18)22(30)28-26-12-14-5-8-16(9-6-14)31-13-21(29)27-15-7-10-19(24)20(25)11-15/h1-12H,13H2,(H,27,29)(H,28,30)/b26-12-. The second-order valence-corrected chi connectivity index (χ2v) is 7.88. The number of hydrazone groups is 1. The summed E-state index contributed by atoms with van der Waals surface area (Å²) < 4.78 is 6.16. The van der Waals surface area contributed by atoms with Gasteiger partial charge in [-0.25, -0.2) is 5.43 Å². The van der Waals surface area contributed by atoms with E-state index in [1.807, 2.05) is 6.07 Å². The van der Waals surface area contributed by atoms with Crippen molar-refractivity contribution >= 4 is 62.8 Å². The van der Waals surface area contributed by atoms with Gasteiger partial charge in [0.05, 0.1) is 21.8 Å². The minimum Gasteiger partial charge on any atom is -0.484 e. The summed E-state index contributed by atoms with van der Waals surface area (Å²) in [6.07, 6.45) is 1.51. The van der Waals surface area contributed by atoms with E-state index in [2.05, 4.69) is 31.8 Å². The van der Waals surface area contributed by atoms with Crippen molar-refractivity contribution < 1.29 is 14.3 Å². The van der Waals surface area contributed by atoms with Crippen LogP contribution >= 0.6 is 39.1 Å². The monoisotopic (exact) mass is 519 g/mol. The summed E-state index contributed by atoms with van der Waals surface area (Å²) in [5, 5.41) is 7.39. The molecular formula is C22H16BrCl2N3O3. The fraction of sp³-hybridized carbons (Fsp3) is 0.0455. The van der Waals surface area contributed by atoms with Crippen molar-refractivity contribution in [3.63, 3.8) is 0 Å². The topological polar surface area (TPSA) is 79.8 Å². The van der Waals surface area contributed by atoms with Crippen LogP contribution in [0.1, 0.15) is 15.9 Å². The summed E-state index contributed by atoms with van der Waals surface area (Å²) >= 11 is 15.1. The fourth-order valence-corrected chi connectivity index (χ4v) is 3.20. The molecule has 2 N–H and O–H groups in total. The Bertz CT molecular complexity index is 1120. The second-order valence-electron chi connectivity index (χ2n) is 6.21. The van der Waals surface area contributed by atoms with E-state index in [1.54, 1.807) is 60.7 Å². The average molecular weight is 521 g/mol. The zero-order valence-electron chi connectivity index (χ0n) is 15.9. The first kappa shape index (κ1) is 22.8. The van der Waals surface area contributed by atoms with Crippen molar-refractivity contribution in [2.75, 3.05) is 11.9 Å². The maximum Gasteiger partial charge on any atom is 0.272 e. The van der Waals surface area contributed by atoms with E-state index in [0.717, 1.165) is 5.56 Å². The number of nitrogens with one attached hydrogen (secondary N) is 2. The number of halogens is 3. The Kier molecular flexibility index (Phi) is 8.06. The van der Waals surface area contributed by atoms with Gasteiger partial charge < -0.3 is 10.1 Å². The minimum atomic E-state index is -0.334. The van der Waals surface area contributed by atoms with Crippen LogP contribution in [0, 0.1) is 0 Å². The van der Waals surface area contributed by atoms with E-state index in [0.29, 0.717) is 31.5 Å². The molecular weight excluding hydrogens is 505 g/mol. The first-order chi connectivity index (χ1) is 14.9. The van der Waals surface area contributed by atoms with Crippen molar-refractivity contribution in [1.29, 1.82) is 0 Å². The summed E-state index contributed by atoms with van der Waals surface area (Å²) in [6, 6.07) is 18.8. The fourth-order valence-electron chi connectivity index (χ4n) is 2.44. The van der Waals surface area contributed by atoms with Gasteiger partial charge in [-0.3, -0.25) is 9.59 Å². The van der Waals surface area contributed by atoms with Crippen molar-refractivity contribution in [2.45, 2.75) is 0 Å². The van der Waals surface area contributed by atoms with Crippen LogP contribution in [0.5, 0.6) is 5.75 Å². The Hall–Kier alpha value is -2.87. The number of ether oxygens (including phenoxy) is 1. The molecule has 0 spiro atoms. The highest BCUT2D eigenvalue weighted by atomic mass is 79.9. The van der Waals surface area contributed by atoms with E-state index in [-0.39, 0.29) is 18.4 Å². The van der Waals surface area contributed by atoms with Gasteiger partial charge in [-0.15, -0.1) is 0 Å². The van der Waals surface area contributed by atoms with Crippen LogP contribution in [-0.4, -0.2) is 24.6 Å². The summed E-state index contributed by atoms with van der Waals surface area (Å²) in [4.78, 5) is 24.1. The van der Waals surface area contributed by atoms with E-state index < -0.39 is 0 Å².